The first-order chi connectivity index (χ1) is 6.24. The summed E-state index contributed by atoms with van der Waals surface area (Å²) in [6, 6.07) is 6.20. The van der Waals surface area contributed by atoms with Gasteiger partial charge in [-0.2, -0.15) is 0 Å². The minimum atomic E-state index is 0.561. The lowest BCUT2D eigenvalue weighted by Gasteiger charge is -1.98. The Kier molecular flexibility index (Phi) is 2.14. The van der Waals surface area contributed by atoms with Crippen molar-refractivity contribution in [3.05, 3.63) is 33.9 Å². The molecule has 1 aromatic carbocycles. The van der Waals surface area contributed by atoms with Gasteiger partial charge in [-0.25, -0.2) is 0 Å². The molecule has 0 saturated heterocycles. The Hall–Kier alpha value is -0.800. The molecule has 2 aromatic rings. The van der Waals surface area contributed by atoms with Crippen LogP contribution in [0.1, 0.15) is 11.1 Å². The Labute approximate surface area is 85.3 Å². The number of halogens is 1. The van der Waals surface area contributed by atoms with E-state index in [-0.39, 0.29) is 0 Å². The van der Waals surface area contributed by atoms with Crippen LogP contribution in [0, 0.1) is 6.92 Å². The van der Waals surface area contributed by atoms with Crippen LogP contribution in [0.25, 0.3) is 10.9 Å². The molecular formula is C10H11BrN2. The van der Waals surface area contributed by atoms with Crippen molar-refractivity contribution in [3.63, 3.8) is 0 Å². The van der Waals surface area contributed by atoms with E-state index in [9.17, 15) is 0 Å². The molecule has 0 fully saturated rings. The minimum Gasteiger partial charge on any atom is -0.349 e. The Bertz CT molecular complexity index is 445. The summed E-state index contributed by atoms with van der Waals surface area (Å²) in [5.74, 6) is 0. The number of aromatic amines is 1. The highest BCUT2D eigenvalue weighted by molar-refractivity contribution is 9.10. The molecular weight excluding hydrogens is 228 g/mol. The first-order valence-corrected chi connectivity index (χ1v) is 4.99. The number of hydrogen-bond donors (Lipinski definition) is 2. The summed E-state index contributed by atoms with van der Waals surface area (Å²) in [6.07, 6.45) is 0. The van der Waals surface area contributed by atoms with Crippen molar-refractivity contribution >= 4 is 26.8 Å². The predicted molar refractivity (Wildman–Crippen MR) is 58.6 cm³/mol. The number of aryl methyl sites for hydroxylation is 1. The molecule has 0 amide bonds. The van der Waals surface area contributed by atoms with Crippen LogP contribution in [-0.4, -0.2) is 4.98 Å². The van der Waals surface area contributed by atoms with E-state index in [0.717, 1.165) is 15.7 Å². The third kappa shape index (κ3) is 1.28. The van der Waals surface area contributed by atoms with Gasteiger partial charge in [-0.1, -0.05) is 12.1 Å². The van der Waals surface area contributed by atoms with Crippen LogP contribution in [0.5, 0.6) is 0 Å². The van der Waals surface area contributed by atoms with Gasteiger partial charge in [0.2, 0.25) is 0 Å². The zero-order valence-electron chi connectivity index (χ0n) is 7.39. The highest BCUT2D eigenvalue weighted by atomic mass is 79.9. The lowest BCUT2D eigenvalue weighted by atomic mass is 10.1. The van der Waals surface area contributed by atoms with Gasteiger partial charge in [-0.05, 0) is 34.5 Å². The summed E-state index contributed by atoms with van der Waals surface area (Å²) in [6.45, 7) is 2.66. The molecule has 0 atom stereocenters. The third-order valence-corrected chi connectivity index (χ3v) is 2.96. The first kappa shape index (κ1) is 8.78. The minimum absolute atomic E-state index is 0.561. The van der Waals surface area contributed by atoms with Gasteiger partial charge < -0.3 is 10.7 Å². The number of aromatic nitrogens is 1. The molecule has 0 bridgehead atoms. The van der Waals surface area contributed by atoms with Crippen LogP contribution in [0.2, 0.25) is 0 Å². The molecule has 0 saturated carbocycles. The fourth-order valence-electron chi connectivity index (χ4n) is 1.67. The largest absolute Gasteiger partial charge is 0.349 e. The Morgan fingerprint density at radius 1 is 1.46 bits per heavy atom. The highest BCUT2D eigenvalue weighted by Gasteiger charge is 2.08. The molecule has 13 heavy (non-hydrogen) atoms. The van der Waals surface area contributed by atoms with E-state index in [4.69, 9.17) is 5.73 Å². The summed E-state index contributed by atoms with van der Waals surface area (Å²) < 4.78 is 0.999. The zero-order chi connectivity index (χ0) is 9.42. The fourth-order valence-corrected chi connectivity index (χ4v) is 2.24. The maximum atomic E-state index is 5.68. The number of benzene rings is 1. The van der Waals surface area contributed by atoms with Crippen molar-refractivity contribution in [3.8, 4) is 0 Å². The lowest BCUT2D eigenvalue weighted by molar-refractivity contribution is 1.07. The van der Waals surface area contributed by atoms with Gasteiger partial charge in [0.1, 0.15) is 0 Å². The van der Waals surface area contributed by atoms with Gasteiger partial charge in [0.25, 0.3) is 0 Å². The number of rotatable bonds is 1. The molecule has 0 radical (unpaired) electrons. The maximum Gasteiger partial charge on any atom is 0.0876 e. The summed E-state index contributed by atoms with van der Waals surface area (Å²) in [5.41, 5.74) is 9.25. The standard InChI is InChI=1S/C10H11BrN2/c1-6-3-2-4-8-9(6)7(5-12)10(11)13-8/h2-4,13H,5,12H2,1H3. The van der Waals surface area contributed by atoms with Gasteiger partial charge in [0.05, 0.1) is 4.60 Å². The molecule has 1 heterocycles. The lowest BCUT2D eigenvalue weighted by Crippen LogP contribution is -1.96. The van der Waals surface area contributed by atoms with Crippen molar-refractivity contribution in [2.24, 2.45) is 5.73 Å². The average Bonchev–Trinajstić information content (AvgIpc) is 2.42. The maximum absolute atomic E-state index is 5.68. The SMILES string of the molecule is Cc1cccc2[nH]c(Br)c(CN)c12. The predicted octanol–water partition coefficient (Wildman–Crippen LogP) is 2.70. The molecule has 3 heteroatoms. The molecule has 0 spiro atoms. The Balaban J connectivity index is 2.88. The van der Waals surface area contributed by atoms with Crippen molar-refractivity contribution in [1.29, 1.82) is 0 Å². The molecule has 0 aliphatic heterocycles. The number of hydrogen-bond acceptors (Lipinski definition) is 1. The van der Waals surface area contributed by atoms with Crippen molar-refractivity contribution < 1.29 is 0 Å². The van der Waals surface area contributed by atoms with Gasteiger partial charge in [-0.3, -0.25) is 0 Å². The highest BCUT2D eigenvalue weighted by Crippen LogP contribution is 2.28. The Morgan fingerprint density at radius 2 is 2.23 bits per heavy atom. The number of nitrogens with two attached hydrogens (primary N) is 1. The van der Waals surface area contributed by atoms with E-state index in [1.165, 1.54) is 10.9 Å². The van der Waals surface area contributed by atoms with E-state index in [0.29, 0.717) is 6.54 Å². The van der Waals surface area contributed by atoms with Gasteiger partial charge in [0.15, 0.2) is 0 Å². The van der Waals surface area contributed by atoms with E-state index < -0.39 is 0 Å². The molecule has 0 aliphatic carbocycles. The van der Waals surface area contributed by atoms with Gasteiger partial charge in [-0.15, -0.1) is 0 Å². The van der Waals surface area contributed by atoms with Gasteiger partial charge >= 0.3 is 0 Å². The normalized spacial score (nSPS) is 11.0. The molecule has 1 aromatic heterocycles. The van der Waals surface area contributed by atoms with E-state index in [2.05, 4.69) is 40.0 Å². The van der Waals surface area contributed by atoms with E-state index >= 15 is 0 Å². The molecule has 2 nitrogen and oxygen atoms in total. The van der Waals surface area contributed by atoms with Crippen LogP contribution in [0.4, 0.5) is 0 Å². The fraction of sp³-hybridized carbons (Fsp3) is 0.200. The Morgan fingerprint density at radius 3 is 2.92 bits per heavy atom. The second-order valence-corrected chi connectivity index (χ2v) is 3.91. The van der Waals surface area contributed by atoms with E-state index in [1.807, 2.05) is 6.07 Å². The number of H-pyrrole nitrogens is 1. The number of nitrogens with one attached hydrogen (secondary N) is 1. The monoisotopic (exact) mass is 238 g/mol. The molecule has 3 N–H and O–H groups in total. The van der Waals surface area contributed by atoms with Crippen LogP contribution in [-0.2, 0) is 6.54 Å². The summed E-state index contributed by atoms with van der Waals surface area (Å²) in [4.78, 5) is 3.26. The second-order valence-electron chi connectivity index (χ2n) is 3.12. The van der Waals surface area contributed by atoms with E-state index in [1.54, 1.807) is 0 Å². The molecule has 2 rings (SSSR count). The first-order valence-electron chi connectivity index (χ1n) is 4.19. The van der Waals surface area contributed by atoms with Crippen LogP contribution >= 0.6 is 15.9 Å². The third-order valence-electron chi connectivity index (χ3n) is 2.29. The second kappa shape index (κ2) is 3.16. The van der Waals surface area contributed by atoms with Crippen molar-refractivity contribution in [1.82, 2.24) is 4.98 Å². The average molecular weight is 239 g/mol. The van der Waals surface area contributed by atoms with Crippen molar-refractivity contribution in [2.75, 3.05) is 0 Å². The van der Waals surface area contributed by atoms with Crippen LogP contribution in [0.3, 0.4) is 0 Å². The van der Waals surface area contributed by atoms with Gasteiger partial charge in [0, 0.05) is 23.0 Å². The smallest absolute Gasteiger partial charge is 0.0876 e. The molecule has 0 aliphatic rings. The summed E-state index contributed by atoms with van der Waals surface area (Å²) in [7, 11) is 0. The summed E-state index contributed by atoms with van der Waals surface area (Å²) >= 11 is 3.47. The summed E-state index contributed by atoms with van der Waals surface area (Å²) in [5, 5.41) is 1.25. The topological polar surface area (TPSA) is 41.8 Å². The molecule has 68 valence electrons. The van der Waals surface area contributed by atoms with Crippen molar-refractivity contribution in [2.45, 2.75) is 13.5 Å². The van der Waals surface area contributed by atoms with Crippen LogP contribution < -0.4 is 5.73 Å². The zero-order valence-corrected chi connectivity index (χ0v) is 8.98. The molecule has 0 unspecified atom stereocenters. The van der Waals surface area contributed by atoms with Crippen LogP contribution in [0.15, 0.2) is 22.8 Å². The quantitative estimate of drug-likeness (QED) is 0.789. The number of fused-ring (bicyclic) bond motifs is 1.